The number of amides is 1. The fourth-order valence-corrected chi connectivity index (χ4v) is 2.00. The molecule has 0 fully saturated rings. The summed E-state index contributed by atoms with van der Waals surface area (Å²) in [5.41, 5.74) is 8.36. The third kappa shape index (κ3) is 4.15. The highest BCUT2D eigenvalue weighted by Gasteiger charge is 2.12. The maximum absolute atomic E-state index is 11.3. The molecule has 0 bridgehead atoms. The van der Waals surface area contributed by atoms with E-state index in [2.05, 4.69) is 43.4 Å². The Balaban J connectivity index is 2.67. The molecule has 0 aromatic heterocycles. The van der Waals surface area contributed by atoms with E-state index >= 15 is 0 Å². The van der Waals surface area contributed by atoms with E-state index in [1.54, 1.807) is 7.05 Å². The number of carbonyl (C=O) groups excluding carboxylic acids is 1. The molecular formula is C15H24N2O. The van der Waals surface area contributed by atoms with Crippen LogP contribution < -0.4 is 11.1 Å². The van der Waals surface area contributed by atoms with E-state index in [9.17, 15) is 4.79 Å². The minimum Gasteiger partial charge on any atom is -0.359 e. The van der Waals surface area contributed by atoms with Gasteiger partial charge in [0.15, 0.2) is 0 Å². The van der Waals surface area contributed by atoms with Crippen LogP contribution in [0.15, 0.2) is 24.3 Å². The number of carbonyl (C=O) groups is 1. The highest BCUT2D eigenvalue weighted by atomic mass is 16.1. The fourth-order valence-electron chi connectivity index (χ4n) is 2.00. The largest absolute Gasteiger partial charge is 0.359 e. The minimum atomic E-state index is 0.0762. The number of nitrogens with two attached hydrogens (primary N) is 1. The van der Waals surface area contributed by atoms with E-state index < -0.39 is 0 Å². The summed E-state index contributed by atoms with van der Waals surface area (Å²) in [7, 11) is 1.66. The van der Waals surface area contributed by atoms with Gasteiger partial charge in [0, 0.05) is 13.5 Å². The van der Waals surface area contributed by atoms with E-state index in [-0.39, 0.29) is 11.8 Å². The molecule has 1 aromatic rings. The highest BCUT2D eigenvalue weighted by molar-refractivity contribution is 5.75. The molecule has 100 valence electrons. The Morgan fingerprint density at radius 1 is 1.22 bits per heavy atom. The summed E-state index contributed by atoms with van der Waals surface area (Å²) >= 11 is 0. The molecule has 0 aliphatic rings. The standard InChI is InChI=1S/C15H24N2O/c1-11(2)12-4-6-13(7-5-12)14(10-16)8-9-15(18)17-3/h4-7,11,14H,8-10,16H2,1-3H3,(H,17,18). The smallest absolute Gasteiger partial charge is 0.219 e. The van der Waals surface area contributed by atoms with Gasteiger partial charge in [-0.2, -0.15) is 0 Å². The second-order valence-corrected chi connectivity index (χ2v) is 4.97. The number of benzene rings is 1. The summed E-state index contributed by atoms with van der Waals surface area (Å²) in [5, 5.41) is 2.64. The van der Waals surface area contributed by atoms with Crippen LogP contribution in [0.25, 0.3) is 0 Å². The Labute approximate surface area is 110 Å². The fraction of sp³-hybridized carbons (Fsp3) is 0.533. The van der Waals surface area contributed by atoms with Crippen molar-refractivity contribution in [3.8, 4) is 0 Å². The normalized spacial score (nSPS) is 12.5. The van der Waals surface area contributed by atoms with Crippen LogP contribution in [0.2, 0.25) is 0 Å². The summed E-state index contributed by atoms with van der Waals surface area (Å²) in [4.78, 5) is 11.3. The van der Waals surface area contributed by atoms with Crippen LogP contribution in [0.5, 0.6) is 0 Å². The average molecular weight is 248 g/mol. The summed E-state index contributed by atoms with van der Waals surface area (Å²) in [6.07, 6.45) is 1.33. The predicted octanol–water partition coefficient (Wildman–Crippen LogP) is 2.38. The summed E-state index contributed by atoms with van der Waals surface area (Å²) < 4.78 is 0. The molecule has 3 nitrogen and oxygen atoms in total. The molecule has 3 heteroatoms. The predicted molar refractivity (Wildman–Crippen MR) is 75.6 cm³/mol. The highest BCUT2D eigenvalue weighted by Crippen LogP contribution is 2.22. The molecule has 1 unspecified atom stereocenters. The van der Waals surface area contributed by atoms with Crippen molar-refractivity contribution in [2.24, 2.45) is 5.73 Å². The van der Waals surface area contributed by atoms with Crippen LogP contribution in [0.1, 0.15) is 49.7 Å². The minimum absolute atomic E-state index is 0.0762. The lowest BCUT2D eigenvalue weighted by Crippen LogP contribution is -2.20. The number of nitrogens with one attached hydrogen (secondary N) is 1. The molecule has 0 spiro atoms. The van der Waals surface area contributed by atoms with Gasteiger partial charge in [-0.05, 0) is 35.9 Å². The molecule has 0 heterocycles. The zero-order valence-electron chi connectivity index (χ0n) is 11.6. The van der Waals surface area contributed by atoms with Gasteiger partial charge in [-0.3, -0.25) is 4.79 Å². The molecule has 1 atom stereocenters. The van der Waals surface area contributed by atoms with Crippen molar-refractivity contribution in [2.45, 2.75) is 38.5 Å². The zero-order chi connectivity index (χ0) is 13.5. The third-order valence-corrected chi connectivity index (χ3v) is 3.36. The van der Waals surface area contributed by atoms with Gasteiger partial charge in [0.05, 0.1) is 0 Å². The van der Waals surface area contributed by atoms with Crippen LogP contribution in [-0.4, -0.2) is 19.5 Å². The number of rotatable bonds is 6. The first kappa shape index (κ1) is 14.7. The van der Waals surface area contributed by atoms with Gasteiger partial charge >= 0.3 is 0 Å². The quantitative estimate of drug-likeness (QED) is 0.812. The second-order valence-electron chi connectivity index (χ2n) is 4.97. The molecular weight excluding hydrogens is 224 g/mol. The van der Waals surface area contributed by atoms with Crippen LogP contribution in [0.3, 0.4) is 0 Å². The van der Waals surface area contributed by atoms with Crippen LogP contribution >= 0.6 is 0 Å². The van der Waals surface area contributed by atoms with Crippen LogP contribution in [0, 0.1) is 0 Å². The van der Waals surface area contributed by atoms with Gasteiger partial charge in [0.25, 0.3) is 0 Å². The SMILES string of the molecule is CNC(=O)CCC(CN)c1ccc(C(C)C)cc1. The van der Waals surface area contributed by atoms with E-state index in [0.717, 1.165) is 6.42 Å². The summed E-state index contributed by atoms with van der Waals surface area (Å²) in [6.45, 7) is 4.94. The van der Waals surface area contributed by atoms with Gasteiger partial charge in [-0.1, -0.05) is 38.1 Å². The van der Waals surface area contributed by atoms with E-state index in [1.807, 2.05) is 0 Å². The van der Waals surface area contributed by atoms with Gasteiger partial charge in [-0.15, -0.1) is 0 Å². The Bertz CT molecular complexity index is 371. The average Bonchev–Trinajstić information content (AvgIpc) is 2.39. The van der Waals surface area contributed by atoms with Crippen molar-refractivity contribution in [1.82, 2.24) is 5.32 Å². The summed E-state index contributed by atoms with van der Waals surface area (Å²) in [6, 6.07) is 8.58. The van der Waals surface area contributed by atoms with Crippen molar-refractivity contribution >= 4 is 5.91 Å². The monoisotopic (exact) mass is 248 g/mol. The van der Waals surface area contributed by atoms with Crippen molar-refractivity contribution in [3.63, 3.8) is 0 Å². The van der Waals surface area contributed by atoms with Crippen molar-refractivity contribution in [3.05, 3.63) is 35.4 Å². The molecule has 0 radical (unpaired) electrons. The zero-order valence-corrected chi connectivity index (χ0v) is 11.6. The van der Waals surface area contributed by atoms with Crippen LogP contribution in [0.4, 0.5) is 0 Å². The topological polar surface area (TPSA) is 55.1 Å². The molecule has 1 aromatic carbocycles. The van der Waals surface area contributed by atoms with Crippen molar-refractivity contribution in [1.29, 1.82) is 0 Å². The Morgan fingerprint density at radius 3 is 2.22 bits per heavy atom. The van der Waals surface area contributed by atoms with Gasteiger partial charge in [0.2, 0.25) is 5.91 Å². The lowest BCUT2D eigenvalue weighted by atomic mass is 9.92. The van der Waals surface area contributed by atoms with Crippen LogP contribution in [-0.2, 0) is 4.79 Å². The van der Waals surface area contributed by atoms with E-state index in [1.165, 1.54) is 11.1 Å². The molecule has 18 heavy (non-hydrogen) atoms. The molecule has 0 saturated carbocycles. The van der Waals surface area contributed by atoms with Gasteiger partial charge in [-0.25, -0.2) is 0 Å². The Hall–Kier alpha value is -1.35. The van der Waals surface area contributed by atoms with Crippen molar-refractivity contribution in [2.75, 3.05) is 13.6 Å². The lowest BCUT2D eigenvalue weighted by Gasteiger charge is -2.16. The van der Waals surface area contributed by atoms with E-state index in [0.29, 0.717) is 18.9 Å². The Morgan fingerprint density at radius 2 is 1.78 bits per heavy atom. The maximum Gasteiger partial charge on any atom is 0.219 e. The van der Waals surface area contributed by atoms with Gasteiger partial charge in [0.1, 0.15) is 0 Å². The lowest BCUT2D eigenvalue weighted by molar-refractivity contribution is -0.120. The third-order valence-electron chi connectivity index (χ3n) is 3.36. The van der Waals surface area contributed by atoms with Crippen molar-refractivity contribution < 1.29 is 4.79 Å². The Kier molecular flexibility index (Phi) is 5.86. The maximum atomic E-state index is 11.3. The first-order chi connectivity index (χ1) is 8.58. The molecule has 3 N–H and O–H groups in total. The molecule has 1 amide bonds. The number of hydrogen-bond donors (Lipinski definition) is 2. The molecule has 1 rings (SSSR count). The first-order valence-corrected chi connectivity index (χ1v) is 6.59. The number of hydrogen-bond acceptors (Lipinski definition) is 2. The molecule has 0 saturated heterocycles. The van der Waals surface area contributed by atoms with Gasteiger partial charge < -0.3 is 11.1 Å². The molecule has 0 aliphatic carbocycles. The summed E-state index contributed by atoms with van der Waals surface area (Å²) in [5.74, 6) is 0.886. The second kappa shape index (κ2) is 7.17. The molecule has 0 aliphatic heterocycles. The first-order valence-electron chi connectivity index (χ1n) is 6.59. The van der Waals surface area contributed by atoms with E-state index in [4.69, 9.17) is 5.73 Å².